The van der Waals surface area contributed by atoms with Gasteiger partial charge in [0.15, 0.2) is 0 Å². The van der Waals surface area contributed by atoms with Crippen LogP contribution in [-0.4, -0.2) is 49.7 Å². The lowest BCUT2D eigenvalue weighted by Gasteiger charge is -2.26. The molecule has 1 heterocycles. The molecule has 25 heavy (non-hydrogen) atoms. The predicted octanol–water partition coefficient (Wildman–Crippen LogP) is 3.05. The van der Waals surface area contributed by atoms with Gasteiger partial charge in [0.25, 0.3) is 0 Å². The largest absolute Gasteiger partial charge is 0.343 e. The first-order valence-electron chi connectivity index (χ1n) is 9.24. The van der Waals surface area contributed by atoms with Gasteiger partial charge in [0, 0.05) is 32.6 Å². The van der Waals surface area contributed by atoms with Gasteiger partial charge < -0.3 is 4.90 Å². The van der Waals surface area contributed by atoms with Crippen molar-refractivity contribution in [3.05, 3.63) is 29.8 Å². The zero-order valence-corrected chi connectivity index (χ0v) is 16.4. The summed E-state index contributed by atoms with van der Waals surface area (Å²) in [5.74, 6) is 0.141. The van der Waals surface area contributed by atoms with E-state index in [-0.39, 0.29) is 5.91 Å². The van der Waals surface area contributed by atoms with Gasteiger partial charge in [-0.1, -0.05) is 26.0 Å². The highest BCUT2D eigenvalue weighted by molar-refractivity contribution is 7.89. The van der Waals surface area contributed by atoms with Crippen LogP contribution >= 0.6 is 0 Å². The molecule has 6 heteroatoms. The molecule has 1 aromatic rings. The molecule has 0 aromatic heterocycles. The van der Waals surface area contributed by atoms with Gasteiger partial charge in [-0.2, -0.15) is 4.31 Å². The van der Waals surface area contributed by atoms with Crippen molar-refractivity contribution in [3.63, 3.8) is 0 Å². The molecule has 1 fully saturated rings. The van der Waals surface area contributed by atoms with Crippen LogP contribution in [0.15, 0.2) is 29.2 Å². The maximum Gasteiger partial charge on any atom is 0.243 e. The van der Waals surface area contributed by atoms with Crippen LogP contribution in [0.4, 0.5) is 0 Å². The van der Waals surface area contributed by atoms with Gasteiger partial charge in [0.1, 0.15) is 0 Å². The number of hydrogen-bond acceptors (Lipinski definition) is 3. The highest BCUT2D eigenvalue weighted by atomic mass is 32.2. The lowest BCUT2D eigenvalue weighted by atomic mass is 10.1. The van der Waals surface area contributed by atoms with Gasteiger partial charge in [-0.05, 0) is 49.8 Å². The maximum atomic E-state index is 12.5. The van der Waals surface area contributed by atoms with Crippen LogP contribution < -0.4 is 0 Å². The third kappa shape index (κ3) is 4.82. The summed E-state index contributed by atoms with van der Waals surface area (Å²) in [4.78, 5) is 14.5. The number of benzene rings is 1. The van der Waals surface area contributed by atoms with Gasteiger partial charge >= 0.3 is 0 Å². The van der Waals surface area contributed by atoms with Crippen molar-refractivity contribution in [1.82, 2.24) is 9.21 Å². The minimum atomic E-state index is -3.36. The second kappa shape index (κ2) is 8.81. The average Bonchev–Trinajstić information content (AvgIpc) is 3.16. The fourth-order valence-electron chi connectivity index (χ4n) is 3.37. The van der Waals surface area contributed by atoms with Crippen LogP contribution in [0.2, 0.25) is 0 Å². The first-order chi connectivity index (χ1) is 11.9. The highest BCUT2D eigenvalue weighted by Gasteiger charge is 2.26. The molecule has 1 aliphatic rings. The zero-order chi connectivity index (χ0) is 18.4. The molecule has 0 N–H and O–H groups in total. The Bertz CT molecular complexity index is 660. The molecule has 1 aromatic carbocycles. The minimum absolute atomic E-state index is 0.141. The molecule has 140 valence electrons. The van der Waals surface area contributed by atoms with Gasteiger partial charge in [0.05, 0.1) is 4.90 Å². The monoisotopic (exact) mass is 366 g/mol. The summed E-state index contributed by atoms with van der Waals surface area (Å²) in [5.41, 5.74) is 0.992. The fraction of sp³-hybridized carbons (Fsp3) is 0.632. The van der Waals surface area contributed by atoms with Crippen LogP contribution in [-0.2, 0) is 21.2 Å². The Kier molecular flexibility index (Phi) is 7.02. The molecule has 0 unspecified atom stereocenters. The lowest BCUT2D eigenvalue weighted by molar-refractivity contribution is -0.132. The number of hydrogen-bond donors (Lipinski definition) is 0. The van der Waals surface area contributed by atoms with E-state index in [0.717, 1.165) is 31.2 Å². The molecule has 0 aliphatic carbocycles. The Balaban J connectivity index is 1.95. The topological polar surface area (TPSA) is 57.7 Å². The molecule has 5 nitrogen and oxygen atoms in total. The van der Waals surface area contributed by atoms with E-state index in [0.29, 0.717) is 36.9 Å². The van der Waals surface area contributed by atoms with Crippen molar-refractivity contribution in [1.29, 1.82) is 0 Å². The summed E-state index contributed by atoms with van der Waals surface area (Å²) in [7, 11) is -1.49. The Hall–Kier alpha value is -1.40. The van der Waals surface area contributed by atoms with Crippen molar-refractivity contribution in [3.8, 4) is 0 Å². The molecule has 1 aliphatic heterocycles. The number of carbonyl (C=O) groups excluding carboxylic acids is 1. The normalized spacial score (nSPS) is 15.7. The second-order valence-electron chi connectivity index (χ2n) is 6.73. The van der Waals surface area contributed by atoms with Gasteiger partial charge in [-0.3, -0.25) is 4.79 Å². The standard InChI is InChI=1S/C19H30N2O3S/c1-4-17(5-2)20(3)19(22)13-10-16-8-11-18(12-9-16)25(23,24)21-14-6-7-15-21/h8-9,11-12,17H,4-7,10,13-15H2,1-3H3. The van der Waals surface area contributed by atoms with Gasteiger partial charge in [0.2, 0.25) is 15.9 Å². The van der Waals surface area contributed by atoms with Crippen LogP contribution in [0.1, 0.15) is 51.5 Å². The lowest BCUT2D eigenvalue weighted by Crippen LogP contribution is -2.36. The molecular weight excluding hydrogens is 336 g/mol. The summed E-state index contributed by atoms with van der Waals surface area (Å²) in [6.07, 6.45) is 4.87. The number of amides is 1. The summed E-state index contributed by atoms with van der Waals surface area (Å²) < 4.78 is 26.6. The van der Waals surface area contributed by atoms with Crippen LogP contribution in [0, 0.1) is 0 Å². The van der Waals surface area contributed by atoms with E-state index in [2.05, 4.69) is 13.8 Å². The smallest absolute Gasteiger partial charge is 0.243 e. The van der Waals surface area contributed by atoms with Crippen LogP contribution in [0.5, 0.6) is 0 Å². The van der Waals surface area contributed by atoms with E-state index in [1.54, 1.807) is 16.4 Å². The first-order valence-corrected chi connectivity index (χ1v) is 10.7. The molecule has 0 atom stereocenters. The highest BCUT2D eigenvalue weighted by Crippen LogP contribution is 2.21. The van der Waals surface area contributed by atoms with Crippen LogP contribution in [0.3, 0.4) is 0 Å². The van der Waals surface area contributed by atoms with Crippen molar-refractivity contribution in [2.45, 2.75) is 63.3 Å². The zero-order valence-electron chi connectivity index (χ0n) is 15.6. The molecular formula is C19H30N2O3S. The quantitative estimate of drug-likeness (QED) is 0.710. The van der Waals surface area contributed by atoms with Gasteiger partial charge in [-0.25, -0.2) is 8.42 Å². The minimum Gasteiger partial charge on any atom is -0.343 e. The van der Waals surface area contributed by atoms with E-state index in [1.165, 1.54) is 0 Å². The predicted molar refractivity (Wildman–Crippen MR) is 99.9 cm³/mol. The molecule has 1 amide bonds. The maximum absolute atomic E-state index is 12.5. The second-order valence-corrected chi connectivity index (χ2v) is 8.67. The summed E-state index contributed by atoms with van der Waals surface area (Å²) in [5, 5.41) is 0. The van der Waals surface area contributed by atoms with E-state index in [9.17, 15) is 13.2 Å². The molecule has 1 saturated heterocycles. The molecule has 2 rings (SSSR count). The van der Waals surface area contributed by atoms with E-state index < -0.39 is 10.0 Å². The van der Waals surface area contributed by atoms with Crippen molar-refractivity contribution in [2.75, 3.05) is 20.1 Å². The van der Waals surface area contributed by atoms with Crippen molar-refractivity contribution in [2.24, 2.45) is 0 Å². The average molecular weight is 367 g/mol. The third-order valence-electron chi connectivity index (χ3n) is 5.14. The molecule has 0 saturated carbocycles. The number of carbonyl (C=O) groups is 1. The third-order valence-corrected chi connectivity index (χ3v) is 7.05. The number of nitrogens with zero attached hydrogens (tertiary/aromatic N) is 2. The van der Waals surface area contributed by atoms with E-state index >= 15 is 0 Å². The first kappa shape index (κ1) is 19.9. The molecule has 0 bridgehead atoms. The Labute approximate surface area is 152 Å². The summed E-state index contributed by atoms with van der Waals surface area (Å²) in [6, 6.07) is 7.28. The Morgan fingerprint density at radius 1 is 1.12 bits per heavy atom. The van der Waals surface area contributed by atoms with Crippen molar-refractivity contribution >= 4 is 15.9 Å². The Morgan fingerprint density at radius 3 is 2.20 bits per heavy atom. The van der Waals surface area contributed by atoms with E-state index in [4.69, 9.17) is 0 Å². The molecule has 0 spiro atoms. The number of rotatable bonds is 8. The van der Waals surface area contributed by atoms with Crippen molar-refractivity contribution < 1.29 is 13.2 Å². The number of aryl methyl sites for hydroxylation is 1. The SMILES string of the molecule is CCC(CC)N(C)C(=O)CCc1ccc(S(=O)(=O)N2CCCC2)cc1. The van der Waals surface area contributed by atoms with Gasteiger partial charge in [-0.15, -0.1) is 0 Å². The molecule has 0 radical (unpaired) electrons. The summed E-state index contributed by atoms with van der Waals surface area (Å²) >= 11 is 0. The van der Waals surface area contributed by atoms with Crippen LogP contribution in [0.25, 0.3) is 0 Å². The summed E-state index contributed by atoms with van der Waals surface area (Å²) in [6.45, 7) is 5.41. The Morgan fingerprint density at radius 2 is 1.68 bits per heavy atom. The fourth-order valence-corrected chi connectivity index (χ4v) is 4.89. The number of sulfonamides is 1. The van der Waals surface area contributed by atoms with E-state index in [1.807, 2.05) is 24.1 Å².